The maximum atomic E-state index is 12.9. The van der Waals surface area contributed by atoms with Gasteiger partial charge in [-0.3, -0.25) is 9.59 Å². The first-order chi connectivity index (χ1) is 12.1. The zero-order chi connectivity index (χ0) is 17.6. The number of nitrogens with one attached hydrogen (secondary N) is 1. The highest BCUT2D eigenvalue weighted by atomic mass is 16.5. The van der Waals surface area contributed by atoms with Gasteiger partial charge in [0.25, 0.3) is 0 Å². The Bertz CT molecular complexity index is 589. The number of carbonyl (C=O) groups excluding carboxylic acids is 2. The molecule has 1 saturated carbocycles. The van der Waals surface area contributed by atoms with Crippen molar-refractivity contribution in [3.05, 3.63) is 11.8 Å². The van der Waals surface area contributed by atoms with Gasteiger partial charge in [0, 0.05) is 25.1 Å². The molecule has 138 valence electrons. The molecule has 1 aromatic heterocycles. The van der Waals surface area contributed by atoms with Crippen LogP contribution in [-0.4, -0.2) is 47.7 Å². The minimum atomic E-state index is -0.254. The van der Waals surface area contributed by atoms with Gasteiger partial charge in [0.1, 0.15) is 12.3 Å². The summed E-state index contributed by atoms with van der Waals surface area (Å²) in [5.41, 5.74) is 0. The van der Waals surface area contributed by atoms with Gasteiger partial charge in [-0.2, -0.15) is 0 Å². The molecule has 1 N–H and O–H groups in total. The number of hydrogen-bond acceptors (Lipinski definition) is 5. The third-order valence-corrected chi connectivity index (χ3v) is 4.94. The van der Waals surface area contributed by atoms with Gasteiger partial charge in [-0.1, -0.05) is 24.4 Å². The number of nitrogens with zero attached hydrogens (tertiary/aromatic N) is 2. The van der Waals surface area contributed by atoms with Crippen LogP contribution in [0.5, 0.6) is 0 Å². The molecular formula is C18H27N3O4. The minimum absolute atomic E-state index is 0.0289. The van der Waals surface area contributed by atoms with Crippen LogP contribution < -0.4 is 5.32 Å². The largest absolute Gasteiger partial charge is 0.376 e. The molecule has 3 rings (SSSR count). The average Bonchev–Trinajstić information content (AvgIpc) is 3.26. The molecule has 2 heterocycles. The Kier molecular flexibility index (Phi) is 6.07. The Morgan fingerprint density at radius 1 is 1.24 bits per heavy atom. The first-order valence-corrected chi connectivity index (χ1v) is 9.25. The van der Waals surface area contributed by atoms with E-state index in [-0.39, 0.29) is 30.4 Å². The SMILES string of the molecule is Cc1cc(NC(=O)CN(CC2CCCO2)C(=O)C2CCCCC2)no1. The third kappa shape index (κ3) is 5.04. The van der Waals surface area contributed by atoms with Crippen molar-refractivity contribution in [1.82, 2.24) is 10.1 Å². The van der Waals surface area contributed by atoms with Crippen molar-refractivity contribution in [3.8, 4) is 0 Å². The van der Waals surface area contributed by atoms with Crippen LogP contribution in [0.15, 0.2) is 10.6 Å². The maximum Gasteiger partial charge on any atom is 0.245 e. The zero-order valence-corrected chi connectivity index (χ0v) is 14.8. The maximum absolute atomic E-state index is 12.9. The smallest absolute Gasteiger partial charge is 0.245 e. The van der Waals surface area contributed by atoms with Gasteiger partial charge in [-0.05, 0) is 32.6 Å². The van der Waals surface area contributed by atoms with Gasteiger partial charge >= 0.3 is 0 Å². The first-order valence-electron chi connectivity index (χ1n) is 9.25. The van der Waals surface area contributed by atoms with Gasteiger partial charge in [0.2, 0.25) is 11.8 Å². The van der Waals surface area contributed by atoms with Gasteiger partial charge in [0.05, 0.1) is 6.10 Å². The van der Waals surface area contributed by atoms with Crippen molar-refractivity contribution in [1.29, 1.82) is 0 Å². The van der Waals surface area contributed by atoms with Gasteiger partial charge in [-0.15, -0.1) is 0 Å². The van der Waals surface area contributed by atoms with Crippen LogP contribution in [0.1, 0.15) is 50.7 Å². The lowest BCUT2D eigenvalue weighted by Gasteiger charge is -2.30. The predicted octanol–water partition coefficient (Wildman–Crippen LogP) is 2.51. The summed E-state index contributed by atoms with van der Waals surface area (Å²) in [5, 5.41) is 6.46. The fraction of sp³-hybridized carbons (Fsp3) is 0.722. The minimum Gasteiger partial charge on any atom is -0.376 e. The lowest BCUT2D eigenvalue weighted by Crippen LogP contribution is -2.45. The second kappa shape index (κ2) is 8.47. The Morgan fingerprint density at radius 3 is 2.68 bits per heavy atom. The second-order valence-electron chi connectivity index (χ2n) is 7.06. The summed E-state index contributed by atoms with van der Waals surface area (Å²) in [7, 11) is 0. The Hall–Kier alpha value is -1.89. The van der Waals surface area contributed by atoms with E-state index in [1.165, 1.54) is 6.42 Å². The van der Waals surface area contributed by atoms with Crippen molar-refractivity contribution in [2.45, 2.75) is 58.0 Å². The van der Waals surface area contributed by atoms with E-state index in [0.717, 1.165) is 45.1 Å². The van der Waals surface area contributed by atoms with Crippen LogP contribution in [-0.2, 0) is 14.3 Å². The fourth-order valence-electron chi connectivity index (χ4n) is 3.66. The topological polar surface area (TPSA) is 84.7 Å². The Balaban J connectivity index is 1.61. The van der Waals surface area contributed by atoms with Crippen LogP contribution >= 0.6 is 0 Å². The Morgan fingerprint density at radius 2 is 2.04 bits per heavy atom. The molecule has 7 nitrogen and oxygen atoms in total. The molecule has 0 aromatic carbocycles. The summed E-state index contributed by atoms with van der Waals surface area (Å²) in [6, 6.07) is 1.66. The molecule has 25 heavy (non-hydrogen) atoms. The molecule has 7 heteroatoms. The summed E-state index contributed by atoms with van der Waals surface area (Å²) in [6.07, 6.45) is 7.22. The van der Waals surface area contributed by atoms with Crippen LogP contribution in [0, 0.1) is 12.8 Å². The van der Waals surface area contributed by atoms with Crippen molar-refractivity contribution in [3.63, 3.8) is 0 Å². The van der Waals surface area contributed by atoms with Crippen LogP contribution in [0.4, 0.5) is 5.82 Å². The molecule has 1 aliphatic heterocycles. The number of carbonyl (C=O) groups is 2. The lowest BCUT2D eigenvalue weighted by molar-refractivity contribution is -0.140. The highest BCUT2D eigenvalue weighted by Gasteiger charge is 2.30. The van der Waals surface area contributed by atoms with Crippen LogP contribution in [0.3, 0.4) is 0 Å². The molecule has 1 aromatic rings. The molecule has 1 saturated heterocycles. The fourth-order valence-corrected chi connectivity index (χ4v) is 3.66. The lowest BCUT2D eigenvalue weighted by atomic mass is 9.88. The van der Waals surface area contributed by atoms with Crippen LogP contribution in [0.25, 0.3) is 0 Å². The average molecular weight is 349 g/mol. The van der Waals surface area contributed by atoms with Crippen LogP contribution in [0.2, 0.25) is 0 Å². The molecule has 1 aliphatic carbocycles. The summed E-state index contributed by atoms with van der Waals surface area (Å²) in [4.78, 5) is 27.0. The highest BCUT2D eigenvalue weighted by Crippen LogP contribution is 2.26. The van der Waals surface area contributed by atoms with E-state index in [1.807, 2.05) is 0 Å². The summed E-state index contributed by atoms with van der Waals surface area (Å²) in [6.45, 7) is 3.02. The predicted molar refractivity (Wildman–Crippen MR) is 92.0 cm³/mol. The molecule has 1 atom stereocenters. The number of rotatable bonds is 6. The van der Waals surface area contributed by atoms with E-state index in [9.17, 15) is 9.59 Å². The van der Waals surface area contributed by atoms with Crippen molar-refractivity contribution in [2.75, 3.05) is 25.0 Å². The zero-order valence-electron chi connectivity index (χ0n) is 14.8. The normalized spacial score (nSPS) is 21.2. The van der Waals surface area contributed by atoms with E-state index < -0.39 is 0 Å². The molecule has 0 radical (unpaired) electrons. The molecule has 2 fully saturated rings. The molecule has 2 aliphatic rings. The number of amides is 2. The quantitative estimate of drug-likeness (QED) is 0.853. The molecule has 2 amide bonds. The molecule has 0 bridgehead atoms. The van der Waals surface area contributed by atoms with E-state index in [1.54, 1.807) is 17.9 Å². The summed E-state index contributed by atoms with van der Waals surface area (Å²) >= 11 is 0. The first kappa shape index (κ1) is 17.9. The summed E-state index contributed by atoms with van der Waals surface area (Å²) in [5.74, 6) is 0.879. The second-order valence-corrected chi connectivity index (χ2v) is 7.06. The number of anilines is 1. The molecular weight excluding hydrogens is 322 g/mol. The highest BCUT2D eigenvalue weighted by molar-refractivity contribution is 5.94. The van der Waals surface area contributed by atoms with Crippen molar-refractivity contribution in [2.24, 2.45) is 5.92 Å². The van der Waals surface area contributed by atoms with Gasteiger partial charge in [0.15, 0.2) is 5.82 Å². The van der Waals surface area contributed by atoms with E-state index in [2.05, 4.69) is 10.5 Å². The Labute approximate surface area is 148 Å². The van der Waals surface area contributed by atoms with Crippen molar-refractivity contribution >= 4 is 17.6 Å². The molecule has 0 spiro atoms. The number of ether oxygens (including phenoxy) is 1. The van der Waals surface area contributed by atoms with E-state index >= 15 is 0 Å². The third-order valence-electron chi connectivity index (χ3n) is 4.94. The summed E-state index contributed by atoms with van der Waals surface area (Å²) < 4.78 is 10.6. The monoisotopic (exact) mass is 349 g/mol. The van der Waals surface area contributed by atoms with E-state index in [0.29, 0.717) is 18.1 Å². The van der Waals surface area contributed by atoms with Gasteiger partial charge < -0.3 is 19.5 Å². The standard InChI is InChI=1S/C18H27N3O4/c1-13-10-16(20-25-13)19-17(22)12-21(11-15-8-5-9-24-15)18(23)14-6-3-2-4-7-14/h10,14-15H,2-9,11-12H2,1H3,(H,19,20,22). The van der Waals surface area contributed by atoms with E-state index in [4.69, 9.17) is 9.26 Å². The van der Waals surface area contributed by atoms with Gasteiger partial charge in [-0.25, -0.2) is 0 Å². The number of aromatic nitrogens is 1. The number of aryl methyl sites for hydroxylation is 1. The van der Waals surface area contributed by atoms with Crippen molar-refractivity contribution < 1.29 is 18.8 Å². The molecule has 1 unspecified atom stereocenters. The number of hydrogen-bond donors (Lipinski definition) is 1.